The Bertz CT molecular complexity index is 342. The van der Waals surface area contributed by atoms with Gasteiger partial charge in [-0.15, -0.1) is 0 Å². The quantitative estimate of drug-likeness (QED) is 0.712. The lowest BCUT2D eigenvalue weighted by Gasteiger charge is -2.09. The number of amidine groups is 1. The molecule has 0 unspecified atom stereocenters. The molecule has 0 bridgehead atoms. The molecule has 0 fully saturated rings. The molecule has 1 heterocycles. The van der Waals surface area contributed by atoms with Crippen molar-refractivity contribution in [1.29, 1.82) is 0 Å². The third kappa shape index (κ3) is 2.62. The average molecular weight is 193 g/mol. The lowest BCUT2D eigenvalue weighted by Crippen LogP contribution is -2.33. The second kappa shape index (κ2) is 4.45. The molecule has 0 saturated heterocycles. The van der Waals surface area contributed by atoms with Crippen LogP contribution in [-0.2, 0) is 4.79 Å². The summed E-state index contributed by atoms with van der Waals surface area (Å²) in [5.74, 6) is 0.0268. The highest BCUT2D eigenvalue weighted by molar-refractivity contribution is 6.24. The summed E-state index contributed by atoms with van der Waals surface area (Å²) in [6.45, 7) is 5.49. The van der Waals surface area contributed by atoms with Crippen LogP contribution in [0.25, 0.3) is 0 Å². The molecule has 74 valence electrons. The molecule has 0 aromatic rings. The molecule has 0 atom stereocenters. The summed E-state index contributed by atoms with van der Waals surface area (Å²) in [7, 11) is 0. The minimum absolute atomic E-state index is 0.171. The molecule has 0 saturated carbocycles. The molecule has 0 spiro atoms. The molecule has 5 heteroatoms. The second-order valence-corrected chi connectivity index (χ2v) is 2.82. The van der Waals surface area contributed by atoms with Gasteiger partial charge in [0.05, 0.1) is 0 Å². The largest absolute Gasteiger partial charge is 0.369 e. The van der Waals surface area contributed by atoms with Gasteiger partial charge in [-0.25, -0.2) is 4.79 Å². The van der Waals surface area contributed by atoms with Crippen molar-refractivity contribution in [2.24, 2.45) is 9.98 Å². The Morgan fingerprint density at radius 1 is 1.64 bits per heavy atom. The van der Waals surface area contributed by atoms with Crippen molar-refractivity contribution in [2.75, 3.05) is 0 Å². The van der Waals surface area contributed by atoms with Crippen LogP contribution in [-0.4, -0.2) is 24.0 Å². The Kier molecular flexibility index (Phi) is 3.28. The van der Waals surface area contributed by atoms with Crippen molar-refractivity contribution in [3.63, 3.8) is 0 Å². The number of urea groups is 1. The minimum Gasteiger partial charge on any atom is -0.310 e. The number of hydrogen-bond donors (Lipinski definition) is 1. The first-order valence-electron chi connectivity index (χ1n) is 4.29. The van der Waals surface area contributed by atoms with Gasteiger partial charge in [0.2, 0.25) is 5.91 Å². The summed E-state index contributed by atoms with van der Waals surface area (Å²) in [6.07, 6.45) is 2.43. The van der Waals surface area contributed by atoms with E-state index in [4.69, 9.17) is 0 Å². The number of nitrogens with zero attached hydrogens (tertiary/aromatic N) is 2. The van der Waals surface area contributed by atoms with Gasteiger partial charge >= 0.3 is 6.03 Å². The minimum atomic E-state index is -0.621. The standard InChI is InChI=1S/C9H11N3O2/c1-3-4-7(13)11-8-6(2)5-10-9(14)12-8/h5H,2-4H2,1H3,(H,11,12,13,14). The zero-order chi connectivity index (χ0) is 10.6. The van der Waals surface area contributed by atoms with Crippen LogP contribution in [0.15, 0.2) is 22.1 Å². The van der Waals surface area contributed by atoms with Crippen molar-refractivity contribution in [2.45, 2.75) is 19.8 Å². The highest BCUT2D eigenvalue weighted by Crippen LogP contribution is 1.99. The predicted octanol–water partition coefficient (Wildman–Crippen LogP) is 1.06. The van der Waals surface area contributed by atoms with Crippen LogP contribution >= 0.6 is 0 Å². The number of carbonyl (C=O) groups is 2. The molecule has 14 heavy (non-hydrogen) atoms. The fourth-order valence-electron chi connectivity index (χ4n) is 0.920. The van der Waals surface area contributed by atoms with Gasteiger partial charge in [-0.3, -0.25) is 4.79 Å². The summed E-state index contributed by atoms with van der Waals surface area (Å²) in [5.41, 5.74) is 0.439. The SMILES string of the molecule is C=C1C=NC(=O)N=C1NC(=O)CCC. The van der Waals surface area contributed by atoms with E-state index in [-0.39, 0.29) is 11.7 Å². The van der Waals surface area contributed by atoms with Gasteiger partial charge in [-0.1, -0.05) is 13.5 Å². The lowest BCUT2D eigenvalue weighted by atomic mass is 10.2. The van der Waals surface area contributed by atoms with E-state index in [1.807, 2.05) is 6.92 Å². The normalized spacial score (nSPS) is 15.4. The van der Waals surface area contributed by atoms with E-state index < -0.39 is 6.03 Å². The van der Waals surface area contributed by atoms with Gasteiger partial charge < -0.3 is 5.32 Å². The Labute approximate surface area is 81.6 Å². The molecule has 0 aromatic heterocycles. The Balaban J connectivity index is 2.64. The van der Waals surface area contributed by atoms with Crippen LogP contribution in [0, 0.1) is 0 Å². The van der Waals surface area contributed by atoms with E-state index in [1.54, 1.807) is 0 Å². The van der Waals surface area contributed by atoms with Crippen molar-refractivity contribution >= 4 is 24.0 Å². The molecule has 1 rings (SSSR count). The number of carbonyl (C=O) groups excluding carboxylic acids is 2. The first-order chi connectivity index (χ1) is 6.63. The zero-order valence-electron chi connectivity index (χ0n) is 7.91. The molecule has 0 aromatic carbocycles. The number of amides is 3. The summed E-state index contributed by atoms with van der Waals surface area (Å²) in [6, 6.07) is -0.621. The summed E-state index contributed by atoms with van der Waals surface area (Å²) in [5, 5.41) is 2.50. The Morgan fingerprint density at radius 3 is 3.00 bits per heavy atom. The Morgan fingerprint density at radius 2 is 2.36 bits per heavy atom. The fraction of sp³-hybridized carbons (Fsp3) is 0.333. The van der Waals surface area contributed by atoms with Gasteiger partial charge in [-0.2, -0.15) is 9.98 Å². The summed E-state index contributed by atoms with van der Waals surface area (Å²) >= 11 is 0. The van der Waals surface area contributed by atoms with Crippen LogP contribution < -0.4 is 5.32 Å². The van der Waals surface area contributed by atoms with Gasteiger partial charge in [0, 0.05) is 18.2 Å². The van der Waals surface area contributed by atoms with Crippen LogP contribution in [0.3, 0.4) is 0 Å². The van der Waals surface area contributed by atoms with E-state index in [9.17, 15) is 9.59 Å². The average Bonchev–Trinajstić information content (AvgIpc) is 2.12. The van der Waals surface area contributed by atoms with E-state index in [2.05, 4.69) is 21.9 Å². The van der Waals surface area contributed by atoms with Crippen LogP contribution in [0.1, 0.15) is 19.8 Å². The number of rotatable bonds is 2. The van der Waals surface area contributed by atoms with E-state index >= 15 is 0 Å². The number of hydrogen-bond acceptors (Lipinski definition) is 2. The molecule has 1 aliphatic rings. The topological polar surface area (TPSA) is 70.9 Å². The highest BCUT2D eigenvalue weighted by atomic mass is 16.2. The van der Waals surface area contributed by atoms with Gasteiger partial charge in [0.1, 0.15) is 5.84 Å². The van der Waals surface area contributed by atoms with Crippen molar-refractivity contribution < 1.29 is 9.59 Å². The van der Waals surface area contributed by atoms with Crippen molar-refractivity contribution in [3.8, 4) is 0 Å². The van der Waals surface area contributed by atoms with Gasteiger partial charge in [-0.05, 0) is 6.42 Å². The third-order valence-electron chi connectivity index (χ3n) is 1.58. The number of aliphatic imine (C=N–C) groups is 2. The first kappa shape index (κ1) is 10.3. The smallest absolute Gasteiger partial charge is 0.310 e. The zero-order valence-corrected chi connectivity index (χ0v) is 7.91. The predicted molar refractivity (Wildman–Crippen MR) is 53.5 cm³/mol. The third-order valence-corrected chi connectivity index (χ3v) is 1.58. The molecule has 1 N–H and O–H groups in total. The fourth-order valence-corrected chi connectivity index (χ4v) is 0.920. The van der Waals surface area contributed by atoms with Gasteiger partial charge in [0.15, 0.2) is 0 Å². The monoisotopic (exact) mass is 193 g/mol. The van der Waals surface area contributed by atoms with Crippen LogP contribution in [0.4, 0.5) is 4.79 Å². The molecule has 3 amide bonds. The van der Waals surface area contributed by atoms with E-state index in [1.165, 1.54) is 6.21 Å². The molecule has 1 aliphatic heterocycles. The maximum atomic E-state index is 11.2. The van der Waals surface area contributed by atoms with Crippen LogP contribution in [0.5, 0.6) is 0 Å². The second-order valence-electron chi connectivity index (χ2n) is 2.82. The maximum absolute atomic E-state index is 11.2. The summed E-state index contributed by atoms with van der Waals surface area (Å²) in [4.78, 5) is 28.9. The molecular weight excluding hydrogens is 182 g/mol. The van der Waals surface area contributed by atoms with E-state index in [0.29, 0.717) is 12.0 Å². The van der Waals surface area contributed by atoms with Crippen LogP contribution in [0.2, 0.25) is 0 Å². The summed E-state index contributed by atoms with van der Waals surface area (Å²) < 4.78 is 0. The Hall–Kier alpha value is -1.78. The number of nitrogens with one attached hydrogen (secondary N) is 1. The molecular formula is C9H11N3O2. The first-order valence-corrected chi connectivity index (χ1v) is 4.29. The maximum Gasteiger partial charge on any atom is 0.369 e. The van der Waals surface area contributed by atoms with E-state index in [0.717, 1.165) is 6.42 Å². The van der Waals surface area contributed by atoms with Gasteiger partial charge in [0.25, 0.3) is 0 Å². The molecule has 0 aliphatic carbocycles. The lowest BCUT2D eigenvalue weighted by molar-refractivity contribution is -0.119. The molecule has 5 nitrogen and oxygen atoms in total. The van der Waals surface area contributed by atoms with Crippen molar-refractivity contribution in [1.82, 2.24) is 5.32 Å². The molecule has 0 radical (unpaired) electrons. The highest BCUT2D eigenvalue weighted by Gasteiger charge is 2.13. The van der Waals surface area contributed by atoms with Crippen molar-refractivity contribution in [3.05, 3.63) is 12.2 Å².